The van der Waals surface area contributed by atoms with Crippen LogP contribution < -0.4 is 27.6 Å². The minimum absolute atomic E-state index is 0.124. The SMILES string of the molecule is [B]c1ccc(Nc2c3c(=O)n(C4CC4)c(=O)n(-c4ccccc4)c3cc(=O)n2C)cc1. The number of hydrogen-bond donors (Lipinski definition) is 1. The molecule has 4 aromatic rings. The molecule has 0 saturated heterocycles. The summed E-state index contributed by atoms with van der Waals surface area (Å²) in [5.74, 6) is 0.330. The minimum Gasteiger partial charge on any atom is -0.341 e. The maximum atomic E-state index is 13.5. The van der Waals surface area contributed by atoms with Gasteiger partial charge in [0.15, 0.2) is 0 Å². The molecule has 0 spiro atoms. The quantitative estimate of drug-likeness (QED) is 0.520. The fourth-order valence-electron chi connectivity index (χ4n) is 3.82. The van der Waals surface area contributed by atoms with Crippen molar-refractivity contribution >= 4 is 35.7 Å². The number of nitrogens with zero attached hydrogens (tertiary/aromatic N) is 3. The minimum atomic E-state index is -0.433. The summed E-state index contributed by atoms with van der Waals surface area (Å²) in [6.07, 6.45) is 1.56. The molecule has 1 N–H and O–H groups in total. The van der Waals surface area contributed by atoms with Gasteiger partial charge in [-0.2, -0.15) is 0 Å². The summed E-state index contributed by atoms with van der Waals surface area (Å²) in [5.41, 5.74) is 0.981. The number of fused-ring (bicyclic) bond motifs is 1. The Morgan fingerprint density at radius 2 is 1.65 bits per heavy atom. The molecule has 0 atom stereocenters. The van der Waals surface area contributed by atoms with Gasteiger partial charge in [0.2, 0.25) is 0 Å². The highest BCUT2D eigenvalue weighted by molar-refractivity contribution is 6.32. The van der Waals surface area contributed by atoms with Crippen LogP contribution in [0.15, 0.2) is 75.0 Å². The van der Waals surface area contributed by atoms with Gasteiger partial charge >= 0.3 is 5.69 Å². The Morgan fingerprint density at radius 3 is 2.29 bits per heavy atom. The molecule has 0 aliphatic heterocycles. The third-order valence-corrected chi connectivity index (χ3v) is 5.59. The van der Waals surface area contributed by atoms with Crippen molar-refractivity contribution < 1.29 is 0 Å². The van der Waals surface area contributed by atoms with E-state index in [4.69, 9.17) is 7.85 Å². The van der Waals surface area contributed by atoms with E-state index in [1.54, 1.807) is 43.4 Å². The van der Waals surface area contributed by atoms with Crippen molar-refractivity contribution in [2.24, 2.45) is 7.05 Å². The maximum Gasteiger partial charge on any atom is 0.336 e. The van der Waals surface area contributed by atoms with Gasteiger partial charge in [0.05, 0.1) is 11.2 Å². The number of hydrogen-bond acceptors (Lipinski definition) is 4. The lowest BCUT2D eigenvalue weighted by Crippen LogP contribution is -2.40. The van der Waals surface area contributed by atoms with E-state index in [1.807, 2.05) is 18.2 Å². The van der Waals surface area contributed by atoms with Gasteiger partial charge < -0.3 is 5.32 Å². The lowest BCUT2D eigenvalue weighted by Gasteiger charge is -2.18. The van der Waals surface area contributed by atoms with E-state index >= 15 is 0 Å². The van der Waals surface area contributed by atoms with E-state index in [0.29, 0.717) is 22.7 Å². The molecule has 31 heavy (non-hydrogen) atoms. The molecule has 8 heteroatoms. The average Bonchev–Trinajstić information content (AvgIpc) is 3.59. The molecule has 1 aliphatic rings. The number of anilines is 2. The summed E-state index contributed by atoms with van der Waals surface area (Å²) >= 11 is 0. The van der Waals surface area contributed by atoms with Crippen LogP contribution in [0.4, 0.5) is 11.5 Å². The zero-order chi connectivity index (χ0) is 21.7. The number of nitrogens with one attached hydrogen (secondary N) is 1. The topological polar surface area (TPSA) is 78.0 Å². The standard InChI is InChI=1S/C23H19BN4O3/c1-26-19(29)13-18-20(21(26)25-15-9-7-14(24)8-10-15)22(30)28(17-11-12-17)23(31)27(18)16-5-3-2-4-6-16/h2-10,13,17,25H,11-12H2,1H3. The molecule has 152 valence electrons. The number of para-hydroxylation sites is 1. The number of pyridine rings is 1. The van der Waals surface area contributed by atoms with Crippen LogP contribution in [0.3, 0.4) is 0 Å². The van der Waals surface area contributed by atoms with Crippen LogP contribution in [0.1, 0.15) is 18.9 Å². The Balaban J connectivity index is 1.90. The first-order valence-corrected chi connectivity index (χ1v) is 10.0. The third-order valence-electron chi connectivity index (χ3n) is 5.59. The van der Waals surface area contributed by atoms with Crippen LogP contribution in [0, 0.1) is 0 Å². The Hall–Kier alpha value is -3.81. The van der Waals surface area contributed by atoms with E-state index in [1.165, 1.54) is 19.8 Å². The molecular weight excluding hydrogens is 391 g/mol. The van der Waals surface area contributed by atoms with Gasteiger partial charge in [-0.25, -0.2) is 4.79 Å². The van der Waals surface area contributed by atoms with Gasteiger partial charge in [-0.05, 0) is 37.1 Å². The van der Waals surface area contributed by atoms with Crippen molar-refractivity contribution in [2.75, 3.05) is 5.32 Å². The highest BCUT2D eigenvalue weighted by Gasteiger charge is 2.30. The fourth-order valence-corrected chi connectivity index (χ4v) is 3.82. The normalized spacial score (nSPS) is 13.5. The average molecular weight is 410 g/mol. The van der Waals surface area contributed by atoms with Crippen LogP contribution in [0.5, 0.6) is 0 Å². The molecule has 2 aromatic heterocycles. The van der Waals surface area contributed by atoms with Gasteiger partial charge in [0, 0.05) is 24.8 Å². The first-order valence-electron chi connectivity index (χ1n) is 10.0. The van der Waals surface area contributed by atoms with Crippen LogP contribution in [-0.2, 0) is 7.05 Å². The Labute approximate surface area is 178 Å². The predicted octanol–water partition coefficient (Wildman–Crippen LogP) is 1.72. The number of benzene rings is 2. The summed E-state index contributed by atoms with van der Waals surface area (Å²) in [5, 5.41) is 3.47. The molecule has 5 rings (SSSR count). The fraction of sp³-hybridized carbons (Fsp3) is 0.174. The van der Waals surface area contributed by atoms with Crippen LogP contribution in [-0.4, -0.2) is 21.5 Å². The van der Waals surface area contributed by atoms with Crippen molar-refractivity contribution in [2.45, 2.75) is 18.9 Å². The Bertz CT molecular complexity index is 1480. The lowest BCUT2D eigenvalue weighted by molar-refractivity contribution is 0.644. The molecule has 0 bridgehead atoms. The van der Waals surface area contributed by atoms with Gasteiger partial charge in [-0.3, -0.25) is 23.3 Å². The van der Waals surface area contributed by atoms with Gasteiger partial charge in [-0.1, -0.05) is 35.8 Å². The Morgan fingerprint density at radius 1 is 0.968 bits per heavy atom. The second-order valence-electron chi connectivity index (χ2n) is 7.76. The second kappa shape index (κ2) is 7.16. The first-order chi connectivity index (χ1) is 15.0. The van der Waals surface area contributed by atoms with Crippen molar-refractivity contribution in [3.05, 3.63) is 91.9 Å². The largest absolute Gasteiger partial charge is 0.341 e. The van der Waals surface area contributed by atoms with E-state index in [-0.39, 0.29) is 22.5 Å². The molecule has 0 unspecified atom stereocenters. The Kier molecular flexibility index (Phi) is 4.43. The van der Waals surface area contributed by atoms with E-state index in [2.05, 4.69) is 5.32 Å². The van der Waals surface area contributed by atoms with Gasteiger partial charge in [0.1, 0.15) is 19.1 Å². The molecule has 2 radical (unpaired) electrons. The number of aromatic nitrogens is 3. The van der Waals surface area contributed by atoms with E-state index in [0.717, 1.165) is 12.8 Å². The summed E-state index contributed by atoms with van der Waals surface area (Å²) < 4.78 is 4.15. The first kappa shape index (κ1) is 19.2. The number of rotatable bonds is 4. The third kappa shape index (κ3) is 3.20. The smallest absolute Gasteiger partial charge is 0.336 e. The lowest BCUT2D eigenvalue weighted by atomic mass is 9.96. The zero-order valence-corrected chi connectivity index (χ0v) is 16.9. The predicted molar refractivity (Wildman–Crippen MR) is 122 cm³/mol. The molecule has 7 nitrogen and oxygen atoms in total. The molecule has 2 heterocycles. The molecule has 2 aromatic carbocycles. The summed E-state index contributed by atoms with van der Waals surface area (Å²) in [6, 6.07) is 17.3. The van der Waals surface area contributed by atoms with Crippen molar-refractivity contribution in [1.82, 2.24) is 13.7 Å². The summed E-state index contributed by atoms with van der Waals surface area (Å²) in [4.78, 5) is 39.7. The second-order valence-corrected chi connectivity index (χ2v) is 7.76. The zero-order valence-electron chi connectivity index (χ0n) is 16.9. The molecule has 1 aliphatic carbocycles. The van der Waals surface area contributed by atoms with Crippen molar-refractivity contribution in [3.63, 3.8) is 0 Å². The highest BCUT2D eigenvalue weighted by Crippen LogP contribution is 2.33. The van der Waals surface area contributed by atoms with Crippen LogP contribution in [0.25, 0.3) is 16.6 Å². The summed E-state index contributed by atoms with van der Waals surface area (Å²) in [6.45, 7) is 0. The summed E-state index contributed by atoms with van der Waals surface area (Å²) in [7, 11) is 7.37. The molecule has 1 fully saturated rings. The van der Waals surface area contributed by atoms with E-state index in [9.17, 15) is 14.4 Å². The van der Waals surface area contributed by atoms with Crippen LogP contribution in [0.2, 0.25) is 0 Å². The van der Waals surface area contributed by atoms with Crippen molar-refractivity contribution in [3.8, 4) is 5.69 Å². The van der Waals surface area contributed by atoms with Gasteiger partial charge in [-0.15, -0.1) is 0 Å². The highest BCUT2D eigenvalue weighted by atomic mass is 16.2. The maximum absolute atomic E-state index is 13.5. The van der Waals surface area contributed by atoms with Crippen molar-refractivity contribution in [1.29, 1.82) is 0 Å². The van der Waals surface area contributed by atoms with Gasteiger partial charge in [0.25, 0.3) is 11.1 Å². The molecule has 1 saturated carbocycles. The van der Waals surface area contributed by atoms with Crippen LogP contribution >= 0.6 is 0 Å². The molecular formula is C23H19BN4O3. The monoisotopic (exact) mass is 410 g/mol. The molecule has 0 amide bonds. The van der Waals surface area contributed by atoms with E-state index < -0.39 is 11.2 Å².